The molecule has 1 saturated heterocycles. The first kappa shape index (κ1) is 16.5. The fraction of sp³-hybridized carbons (Fsp3) is 0.667. The van der Waals surface area contributed by atoms with Crippen LogP contribution in [-0.2, 0) is 16.6 Å². The van der Waals surface area contributed by atoms with Crippen molar-refractivity contribution in [3.05, 3.63) is 12.3 Å². The Balaban J connectivity index is 1.95. The summed E-state index contributed by atoms with van der Waals surface area (Å²) in [4.78, 5) is 28.2. The number of carbonyl (C=O) groups is 2. The zero-order chi connectivity index (χ0) is 16.1. The van der Waals surface area contributed by atoms with Gasteiger partial charge in [0.2, 0.25) is 11.8 Å². The van der Waals surface area contributed by atoms with Crippen LogP contribution >= 0.6 is 0 Å². The van der Waals surface area contributed by atoms with Gasteiger partial charge in [0.25, 0.3) is 0 Å². The Morgan fingerprint density at radius 1 is 1.41 bits per heavy atom. The lowest BCUT2D eigenvalue weighted by atomic mass is 10.0. The minimum absolute atomic E-state index is 0.116. The molecule has 1 unspecified atom stereocenters. The molecule has 122 valence electrons. The molecule has 7 heteroatoms. The van der Waals surface area contributed by atoms with Gasteiger partial charge in [-0.1, -0.05) is 19.8 Å². The molecule has 1 aromatic heterocycles. The van der Waals surface area contributed by atoms with Crippen molar-refractivity contribution in [1.29, 1.82) is 0 Å². The highest BCUT2D eigenvalue weighted by molar-refractivity contribution is 5.92. The van der Waals surface area contributed by atoms with Gasteiger partial charge in [0.1, 0.15) is 0 Å². The highest BCUT2D eigenvalue weighted by Crippen LogP contribution is 2.16. The Bertz CT molecular complexity index is 528. The monoisotopic (exact) mass is 307 g/mol. The van der Waals surface area contributed by atoms with Crippen LogP contribution in [0.5, 0.6) is 0 Å². The first-order chi connectivity index (χ1) is 10.5. The fourth-order valence-corrected chi connectivity index (χ4v) is 2.70. The maximum atomic E-state index is 12.3. The number of carbonyl (C=O) groups excluding carboxylic acids is 2. The van der Waals surface area contributed by atoms with Gasteiger partial charge in [0, 0.05) is 39.4 Å². The Morgan fingerprint density at radius 3 is 2.82 bits per heavy atom. The Hall–Kier alpha value is -1.89. The first-order valence-corrected chi connectivity index (χ1v) is 7.79. The van der Waals surface area contributed by atoms with E-state index in [4.69, 9.17) is 0 Å². The zero-order valence-corrected chi connectivity index (χ0v) is 13.6. The van der Waals surface area contributed by atoms with Crippen molar-refractivity contribution in [3.8, 4) is 0 Å². The molecule has 1 aromatic rings. The van der Waals surface area contributed by atoms with E-state index < -0.39 is 0 Å². The van der Waals surface area contributed by atoms with E-state index in [0.717, 1.165) is 25.8 Å². The van der Waals surface area contributed by atoms with Gasteiger partial charge >= 0.3 is 0 Å². The largest absolute Gasteiger partial charge is 0.343 e. The second kappa shape index (κ2) is 7.40. The summed E-state index contributed by atoms with van der Waals surface area (Å²) in [5.74, 6) is 0.529. The minimum atomic E-state index is -0.187. The van der Waals surface area contributed by atoms with Crippen molar-refractivity contribution in [2.45, 2.75) is 32.2 Å². The molecule has 1 aliphatic rings. The highest BCUT2D eigenvalue weighted by atomic mass is 16.2. The minimum Gasteiger partial charge on any atom is -0.343 e. The Kier molecular flexibility index (Phi) is 5.54. The molecule has 0 aromatic carbocycles. The summed E-state index contributed by atoms with van der Waals surface area (Å²) >= 11 is 0. The topological polar surface area (TPSA) is 70.5 Å². The molecule has 0 radical (unpaired) electrons. The van der Waals surface area contributed by atoms with Crippen LogP contribution in [0.25, 0.3) is 0 Å². The van der Waals surface area contributed by atoms with Crippen molar-refractivity contribution in [2.24, 2.45) is 7.05 Å². The van der Waals surface area contributed by atoms with Crippen LogP contribution in [0.3, 0.4) is 0 Å². The van der Waals surface area contributed by atoms with E-state index in [0.29, 0.717) is 12.4 Å². The number of anilines is 1. The first-order valence-electron chi connectivity index (χ1n) is 7.79. The molecule has 0 saturated carbocycles. The van der Waals surface area contributed by atoms with Crippen molar-refractivity contribution in [3.63, 3.8) is 0 Å². The van der Waals surface area contributed by atoms with Gasteiger partial charge in [-0.3, -0.25) is 19.2 Å². The van der Waals surface area contributed by atoms with Crippen LogP contribution in [-0.4, -0.2) is 64.1 Å². The molecular weight excluding hydrogens is 282 g/mol. The van der Waals surface area contributed by atoms with Gasteiger partial charge in [-0.15, -0.1) is 0 Å². The third-order valence-corrected chi connectivity index (χ3v) is 3.98. The van der Waals surface area contributed by atoms with E-state index in [1.165, 1.54) is 0 Å². The van der Waals surface area contributed by atoms with Crippen LogP contribution in [0.15, 0.2) is 12.3 Å². The average molecular weight is 307 g/mol. The number of nitrogens with one attached hydrogen (secondary N) is 1. The highest BCUT2D eigenvalue weighted by Gasteiger charge is 2.33. The van der Waals surface area contributed by atoms with E-state index in [9.17, 15) is 9.59 Å². The van der Waals surface area contributed by atoms with Crippen LogP contribution in [0, 0.1) is 0 Å². The summed E-state index contributed by atoms with van der Waals surface area (Å²) in [5.41, 5.74) is 0. The van der Waals surface area contributed by atoms with Gasteiger partial charge < -0.3 is 10.2 Å². The average Bonchev–Trinajstić information content (AvgIpc) is 2.87. The van der Waals surface area contributed by atoms with Crippen LogP contribution in [0.4, 0.5) is 5.82 Å². The second-order valence-corrected chi connectivity index (χ2v) is 5.81. The maximum absolute atomic E-state index is 12.3. The number of nitrogens with zero attached hydrogens (tertiary/aromatic N) is 4. The molecule has 22 heavy (non-hydrogen) atoms. The molecule has 1 atom stereocenters. The second-order valence-electron chi connectivity index (χ2n) is 5.81. The lowest BCUT2D eigenvalue weighted by molar-refractivity contribution is -0.141. The van der Waals surface area contributed by atoms with Crippen molar-refractivity contribution in [2.75, 3.05) is 32.0 Å². The smallest absolute Gasteiger partial charge is 0.239 e. The van der Waals surface area contributed by atoms with Gasteiger partial charge in [0.05, 0.1) is 12.6 Å². The molecular formula is C15H25N5O2. The molecule has 1 fully saturated rings. The van der Waals surface area contributed by atoms with Gasteiger partial charge in [-0.2, -0.15) is 5.10 Å². The van der Waals surface area contributed by atoms with Crippen molar-refractivity contribution < 1.29 is 9.59 Å². The summed E-state index contributed by atoms with van der Waals surface area (Å²) in [7, 11) is 3.63. The lowest BCUT2D eigenvalue weighted by Gasteiger charge is -2.38. The van der Waals surface area contributed by atoms with Crippen molar-refractivity contribution >= 4 is 17.6 Å². The van der Waals surface area contributed by atoms with Gasteiger partial charge in [-0.05, 0) is 6.42 Å². The van der Waals surface area contributed by atoms with Crippen molar-refractivity contribution in [1.82, 2.24) is 19.6 Å². The molecule has 0 bridgehead atoms. The molecule has 1 aliphatic heterocycles. The standard InChI is InChI=1S/C15H25N5O2/c1-4-5-6-12-15(22)18(2)9-10-20(12)11-14(21)16-13-7-8-19(3)17-13/h7-8,12H,4-6,9-11H2,1-3H3,(H,16,17,21). The van der Waals surface area contributed by atoms with Crippen LogP contribution in [0.1, 0.15) is 26.2 Å². The Labute approximate surface area is 131 Å². The summed E-state index contributed by atoms with van der Waals surface area (Å²) in [6.45, 7) is 3.73. The summed E-state index contributed by atoms with van der Waals surface area (Å²) < 4.78 is 1.64. The number of piperazine rings is 1. The van der Waals surface area contributed by atoms with E-state index in [-0.39, 0.29) is 24.4 Å². The molecule has 2 amide bonds. The number of unbranched alkanes of at least 4 members (excludes halogenated alkanes) is 1. The molecule has 2 rings (SSSR count). The van der Waals surface area contributed by atoms with Gasteiger partial charge in [0.15, 0.2) is 5.82 Å². The van der Waals surface area contributed by atoms with E-state index in [1.54, 1.807) is 28.9 Å². The number of likely N-dealkylation sites (N-methyl/N-ethyl adjacent to an activating group) is 1. The molecule has 1 N–H and O–H groups in total. The molecule has 2 heterocycles. The lowest BCUT2D eigenvalue weighted by Crippen LogP contribution is -2.57. The number of aryl methyl sites for hydroxylation is 1. The number of hydrogen-bond donors (Lipinski definition) is 1. The maximum Gasteiger partial charge on any atom is 0.239 e. The van der Waals surface area contributed by atoms with Crippen LogP contribution < -0.4 is 5.32 Å². The number of aromatic nitrogens is 2. The number of hydrogen-bond acceptors (Lipinski definition) is 4. The van der Waals surface area contributed by atoms with E-state index in [1.807, 2.05) is 11.9 Å². The molecule has 0 aliphatic carbocycles. The quantitative estimate of drug-likeness (QED) is 0.839. The number of amides is 2. The normalized spacial score (nSPS) is 19.5. The summed E-state index contributed by atoms with van der Waals surface area (Å²) in [5, 5.41) is 6.91. The SMILES string of the molecule is CCCCC1C(=O)N(C)CCN1CC(=O)Nc1ccn(C)n1. The third kappa shape index (κ3) is 4.07. The van der Waals surface area contributed by atoms with E-state index in [2.05, 4.69) is 17.3 Å². The van der Waals surface area contributed by atoms with E-state index >= 15 is 0 Å². The number of rotatable bonds is 6. The fourth-order valence-electron chi connectivity index (χ4n) is 2.70. The third-order valence-electron chi connectivity index (χ3n) is 3.98. The zero-order valence-electron chi connectivity index (χ0n) is 13.6. The van der Waals surface area contributed by atoms with Gasteiger partial charge in [-0.25, -0.2) is 0 Å². The molecule has 0 spiro atoms. The summed E-state index contributed by atoms with van der Waals surface area (Å²) in [6, 6.07) is 1.56. The van der Waals surface area contributed by atoms with Crippen LogP contribution in [0.2, 0.25) is 0 Å². The molecule has 7 nitrogen and oxygen atoms in total. The predicted molar refractivity (Wildman–Crippen MR) is 84.4 cm³/mol. The predicted octanol–water partition coefficient (Wildman–Crippen LogP) is 0.691. The summed E-state index contributed by atoms with van der Waals surface area (Å²) in [6.07, 6.45) is 4.61. The Morgan fingerprint density at radius 2 is 2.18 bits per heavy atom.